The highest BCUT2D eigenvalue weighted by atomic mass is 32.2. The number of thioether (sulfide) groups is 1. The van der Waals surface area contributed by atoms with E-state index in [9.17, 15) is 9.59 Å². The first kappa shape index (κ1) is 15.2. The first-order valence-corrected chi connectivity index (χ1v) is 6.37. The second kappa shape index (κ2) is 7.51. The molecule has 1 amide bonds. The Morgan fingerprint density at radius 3 is 2.25 bits per heavy atom. The molecule has 2 atom stereocenters. The number of hydrogen-bond donors (Lipinski definition) is 2. The molecule has 94 valence electrons. The fourth-order valence-electron chi connectivity index (χ4n) is 1.18. The fourth-order valence-corrected chi connectivity index (χ4v) is 2.11. The molecule has 0 saturated heterocycles. The Hall–Kier alpha value is -0.750. The van der Waals surface area contributed by atoms with Crippen LogP contribution in [0.4, 0.5) is 0 Å². The molecule has 2 unspecified atom stereocenters. The number of hydrogen-bond acceptors (Lipinski definition) is 4. The van der Waals surface area contributed by atoms with E-state index in [1.165, 1.54) is 11.8 Å². The van der Waals surface area contributed by atoms with E-state index in [0.717, 1.165) is 0 Å². The van der Waals surface area contributed by atoms with E-state index >= 15 is 0 Å². The van der Waals surface area contributed by atoms with Gasteiger partial charge in [0.15, 0.2) is 0 Å². The molecule has 0 aliphatic rings. The molecule has 0 saturated carbocycles. The van der Waals surface area contributed by atoms with Crippen molar-refractivity contribution >= 4 is 23.6 Å². The van der Waals surface area contributed by atoms with Gasteiger partial charge in [-0.2, -0.15) is 0 Å². The van der Waals surface area contributed by atoms with Crippen LogP contribution < -0.4 is 5.73 Å². The number of amides is 1. The predicted octanol–water partition coefficient (Wildman–Crippen LogP) is 0.388. The molecule has 3 N–H and O–H groups in total. The minimum atomic E-state index is -1.03. The number of carbonyl (C=O) groups excluding carboxylic acids is 1. The van der Waals surface area contributed by atoms with Crippen LogP contribution in [0.2, 0.25) is 0 Å². The van der Waals surface area contributed by atoms with Crippen molar-refractivity contribution in [1.29, 1.82) is 0 Å². The van der Waals surface area contributed by atoms with Crippen molar-refractivity contribution in [1.82, 2.24) is 4.90 Å². The summed E-state index contributed by atoms with van der Waals surface area (Å²) >= 11 is 1.28. The quantitative estimate of drug-likeness (QED) is 0.681. The third-order valence-corrected chi connectivity index (χ3v) is 3.52. The SMILES string of the molecule is CCN(CC)C(=O)C(C)SCC(N)C(=O)O. The average molecular weight is 248 g/mol. The van der Waals surface area contributed by atoms with E-state index in [4.69, 9.17) is 10.8 Å². The largest absolute Gasteiger partial charge is 0.480 e. The lowest BCUT2D eigenvalue weighted by molar-refractivity contribution is -0.138. The number of carbonyl (C=O) groups is 2. The third-order valence-electron chi connectivity index (χ3n) is 2.27. The lowest BCUT2D eigenvalue weighted by Gasteiger charge is -2.22. The predicted molar refractivity (Wildman–Crippen MR) is 65.5 cm³/mol. The van der Waals surface area contributed by atoms with Crippen molar-refractivity contribution < 1.29 is 14.7 Å². The van der Waals surface area contributed by atoms with E-state index < -0.39 is 12.0 Å². The van der Waals surface area contributed by atoms with Gasteiger partial charge >= 0.3 is 5.97 Å². The molecule has 0 spiro atoms. The lowest BCUT2D eigenvalue weighted by Crippen LogP contribution is -2.38. The van der Waals surface area contributed by atoms with Gasteiger partial charge in [-0.15, -0.1) is 11.8 Å². The molecule has 0 bridgehead atoms. The molecule has 16 heavy (non-hydrogen) atoms. The minimum absolute atomic E-state index is 0.0348. The van der Waals surface area contributed by atoms with Crippen LogP contribution in [0.1, 0.15) is 20.8 Å². The van der Waals surface area contributed by atoms with Crippen molar-refractivity contribution in [2.24, 2.45) is 5.73 Å². The second-order valence-corrected chi connectivity index (χ2v) is 4.80. The zero-order valence-electron chi connectivity index (χ0n) is 9.97. The molecule has 0 radical (unpaired) electrons. The first-order chi connectivity index (χ1) is 7.43. The number of nitrogens with zero attached hydrogens (tertiary/aromatic N) is 1. The van der Waals surface area contributed by atoms with Crippen molar-refractivity contribution in [2.75, 3.05) is 18.8 Å². The summed E-state index contributed by atoms with van der Waals surface area (Å²) in [5, 5.41) is 8.36. The molecule has 0 aliphatic heterocycles. The van der Waals surface area contributed by atoms with Crippen LogP contribution >= 0.6 is 11.8 Å². The maximum absolute atomic E-state index is 11.8. The zero-order valence-corrected chi connectivity index (χ0v) is 10.8. The molecule has 0 aromatic rings. The Morgan fingerprint density at radius 1 is 1.38 bits per heavy atom. The molecule has 0 aromatic carbocycles. The van der Waals surface area contributed by atoms with Crippen LogP contribution in [0.5, 0.6) is 0 Å². The van der Waals surface area contributed by atoms with Gasteiger partial charge in [-0.3, -0.25) is 9.59 Å². The zero-order chi connectivity index (χ0) is 12.7. The van der Waals surface area contributed by atoms with Crippen molar-refractivity contribution in [3.05, 3.63) is 0 Å². The van der Waals surface area contributed by atoms with Crippen LogP contribution in [0, 0.1) is 0 Å². The van der Waals surface area contributed by atoms with Crippen molar-refractivity contribution in [2.45, 2.75) is 32.1 Å². The number of carboxylic acids is 1. The highest BCUT2D eigenvalue weighted by Gasteiger charge is 2.21. The number of nitrogens with two attached hydrogens (primary N) is 1. The van der Waals surface area contributed by atoms with Gasteiger partial charge in [-0.05, 0) is 20.8 Å². The van der Waals surface area contributed by atoms with Gasteiger partial charge in [-0.1, -0.05) is 0 Å². The van der Waals surface area contributed by atoms with E-state index in [1.54, 1.807) is 11.8 Å². The summed E-state index contributed by atoms with van der Waals surface area (Å²) in [7, 11) is 0. The van der Waals surface area contributed by atoms with Gasteiger partial charge in [0.2, 0.25) is 5.91 Å². The molecule has 0 rings (SSSR count). The minimum Gasteiger partial charge on any atom is -0.480 e. The van der Waals surface area contributed by atoms with Gasteiger partial charge in [0.05, 0.1) is 5.25 Å². The van der Waals surface area contributed by atoms with Crippen LogP contribution in [-0.4, -0.2) is 52.0 Å². The summed E-state index contributed by atoms with van der Waals surface area (Å²) in [4.78, 5) is 24.0. The molecule has 0 aliphatic carbocycles. The number of aliphatic carboxylic acids is 1. The standard InChI is InChI=1S/C10H20N2O3S/c1-4-12(5-2)9(13)7(3)16-6-8(11)10(14)15/h7-8H,4-6,11H2,1-3H3,(H,14,15). The smallest absolute Gasteiger partial charge is 0.321 e. The average Bonchev–Trinajstić information content (AvgIpc) is 2.26. The fraction of sp³-hybridized carbons (Fsp3) is 0.800. The first-order valence-electron chi connectivity index (χ1n) is 5.32. The normalized spacial score (nSPS) is 14.2. The van der Waals surface area contributed by atoms with Crippen LogP contribution in [0.3, 0.4) is 0 Å². The number of carboxylic acid groups (broad SMARTS) is 1. The summed E-state index contributed by atoms with van der Waals surface area (Å²) < 4.78 is 0. The number of rotatable bonds is 7. The Labute approximate surface area is 100 Å². The molecular formula is C10H20N2O3S. The monoisotopic (exact) mass is 248 g/mol. The van der Waals surface area contributed by atoms with E-state index in [-0.39, 0.29) is 16.9 Å². The Kier molecular flexibility index (Phi) is 7.16. The summed E-state index contributed by atoms with van der Waals surface area (Å²) in [6.45, 7) is 6.96. The molecule has 0 aromatic heterocycles. The summed E-state index contributed by atoms with van der Waals surface area (Å²) in [5.41, 5.74) is 5.36. The highest BCUT2D eigenvalue weighted by Crippen LogP contribution is 2.14. The molecule has 0 heterocycles. The van der Waals surface area contributed by atoms with E-state index in [0.29, 0.717) is 13.1 Å². The van der Waals surface area contributed by atoms with Crippen molar-refractivity contribution in [3.8, 4) is 0 Å². The van der Waals surface area contributed by atoms with Gasteiger partial charge < -0.3 is 15.7 Å². The second-order valence-electron chi connectivity index (χ2n) is 3.43. The molecule has 5 nitrogen and oxygen atoms in total. The maximum atomic E-state index is 11.8. The molecular weight excluding hydrogens is 228 g/mol. The summed E-state index contributed by atoms with van der Waals surface area (Å²) in [6.07, 6.45) is 0. The van der Waals surface area contributed by atoms with Gasteiger partial charge in [-0.25, -0.2) is 0 Å². The Bertz CT molecular complexity index is 244. The van der Waals surface area contributed by atoms with Gasteiger partial charge in [0, 0.05) is 18.8 Å². The van der Waals surface area contributed by atoms with Crippen LogP contribution in [-0.2, 0) is 9.59 Å². The van der Waals surface area contributed by atoms with E-state index in [1.807, 2.05) is 13.8 Å². The topological polar surface area (TPSA) is 83.6 Å². The molecule has 6 heteroatoms. The van der Waals surface area contributed by atoms with Gasteiger partial charge in [0.1, 0.15) is 6.04 Å². The maximum Gasteiger partial charge on any atom is 0.321 e. The van der Waals surface area contributed by atoms with Crippen molar-refractivity contribution in [3.63, 3.8) is 0 Å². The van der Waals surface area contributed by atoms with Crippen LogP contribution in [0.25, 0.3) is 0 Å². The highest BCUT2D eigenvalue weighted by molar-refractivity contribution is 8.00. The summed E-state index contributed by atoms with van der Waals surface area (Å²) in [6, 6.07) is -0.906. The Morgan fingerprint density at radius 2 is 1.88 bits per heavy atom. The van der Waals surface area contributed by atoms with Crippen LogP contribution in [0.15, 0.2) is 0 Å². The van der Waals surface area contributed by atoms with E-state index in [2.05, 4.69) is 0 Å². The molecule has 0 fully saturated rings. The lowest BCUT2D eigenvalue weighted by atomic mass is 10.4. The third kappa shape index (κ3) is 4.85. The summed E-state index contributed by atoms with van der Waals surface area (Å²) in [5.74, 6) is -0.744. The Balaban J connectivity index is 4.10. The van der Waals surface area contributed by atoms with Gasteiger partial charge in [0.25, 0.3) is 0 Å².